The first-order valence-corrected chi connectivity index (χ1v) is 21.6. The van der Waals surface area contributed by atoms with Crippen molar-refractivity contribution in [2.75, 3.05) is 7.11 Å². The van der Waals surface area contributed by atoms with E-state index >= 15 is 0 Å². The van der Waals surface area contributed by atoms with Crippen molar-refractivity contribution in [2.45, 2.75) is 23.6 Å². The lowest BCUT2D eigenvalue weighted by atomic mass is 10.1. The number of aryl methyl sites for hydroxylation is 2. The molecule has 2 heterocycles. The molecule has 8 rings (SSSR count). The van der Waals surface area contributed by atoms with Crippen LogP contribution in [0.4, 0.5) is 0 Å². The number of ether oxygens (including phenoxy) is 1. The third-order valence-electron chi connectivity index (χ3n) is 9.46. The van der Waals surface area contributed by atoms with Crippen LogP contribution in [0.1, 0.15) is 11.1 Å². The van der Waals surface area contributed by atoms with Gasteiger partial charge in [0.2, 0.25) is 20.0 Å². The van der Waals surface area contributed by atoms with Gasteiger partial charge in [0.25, 0.3) is 0 Å². The number of sulfonamides is 2. The van der Waals surface area contributed by atoms with Crippen LogP contribution in [0.25, 0.3) is 56.4 Å². The van der Waals surface area contributed by atoms with E-state index < -0.39 is 20.0 Å². The first-order chi connectivity index (χ1) is 28.2. The van der Waals surface area contributed by atoms with Gasteiger partial charge in [-0.25, -0.2) is 36.5 Å². The number of hydrogen-bond donors (Lipinski definition) is 2. The summed E-state index contributed by atoms with van der Waals surface area (Å²) in [6, 6.07) is 48.2. The second kappa shape index (κ2) is 16.9. The summed E-state index contributed by atoms with van der Waals surface area (Å²) < 4.78 is 55.1. The SMILES string of the molecule is COc1ccc(-c2cc(-c3ccc(Cl)cc3)n(-c3ccc(S(N)(=O)=O)cc3)n2)cc1.Cc1ccc(-c2cc(-c3ccc(C)cc3)n(-c3ccc(S(N)(=O)=O)cc3)n2)cc1. The topological polar surface area (TPSA) is 165 Å². The summed E-state index contributed by atoms with van der Waals surface area (Å²) in [6.07, 6.45) is 0. The standard InChI is InChI=1S/C23H21N3O2S.C22H18ClN3O3S/c1-16-3-7-18(8-4-16)22-15-23(19-9-5-17(2)6-10-19)26(25-22)20-11-13-21(14-12-20)29(24,27)28;1-29-19-10-4-15(5-11-19)21-14-22(16-2-6-17(23)7-3-16)26(25-21)18-8-12-20(13-9-18)30(24,27)28/h3-15H,1-2H3,(H2,24,27,28);2-14H,1H3,(H2,24,27,28). The van der Waals surface area contributed by atoms with Gasteiger partial charge in [0.15, 0.2) is 0 Å². The number of methoxy groups -OCH3 is 1. The quantitative estimate of drug-likeness (QED) is 0.146. The summed E-state index contributed by atoms with van der Waals surface area (Å²) in [7, 11) is -5.89. The minimum Gasteiger partial charge on any atom is -0.497 e. The molecular weight excluding hydrogens is 804 g/mol. The summed E-state index contributed by atoms with van der Waals surface area (Å²) in [5.74, 6) is 0.759. The predicted octanol–water partition coefficient (Wildman–Crippen LogP) is 8.99. The van der Waals surface area contributed by atoms with Gasteiger partial charge in [-0.15, -0.1) is 0 Å². The molecule has 0 aliphatic rings. The van der Waals surface area contributed by atoms with Gasteiger partial charge >= 0.3 is 0 Å². The molecular formula is C45H39ClN6O5S2. The first-order valence-electron chi connectivity index (χ1n) is 18.2. The molecule has 6 aromatic carbocycles. The number of primary sulfonamides is 2. The van der Waals surface area contributed by atoms with Crippen LogP contribution < -0.4 is 15.0 Å². The van der Waals surface area contributed by atoms with Crippen molar-refractivity contribution in [1.82, 2.24) is 19.6 Å². The predicted molar refractivity (Wildman–Crippen MR) is 233 cm³/mol. The third kappa shape index (κ3) is 9.52. The molecule has 59 heavy (non-hydrogen) atoms. The Morgan fingerprint density at radius 1 is 0.492 bits per heavy atom. The Bertz CT molecular complexity index is 2950. The summed E-state index contributed by atoms with van der Waals surface area (Å²) in [6.45, 7) is 4.10. The van der Waals surface area contributed by atoms with Crippen LogP contribution >= 0.6 is 11.6 Å². The summed E-state index contributed by atoms with van der Waals surface area (Å²) in [5, 5.41) is 20.6. The van der Waals surface area contributed by atoms with E-state index in [2.05, 4.69) is 36.4 Å². The second-order valence-corrected chi connectivity index (χ2v) is 17.3. The average molecular weight is 843 g/mol. The Labute approximate surface area is 348 Å². The minimum atomic E-state index is -3.77. The zero-order chi connectivity index (χ0) is 41.9. The Balaban J connectivity index is 0.000000179. The van der Waals surface area contributed by atoms with Gasteiger partial charge in [-0.2, -0.15) is 10.2 Å². The number of halogens is 1. The normalized spacial score (nSPS) is 11.5. The van der Waals surface area contributed by atoms with E-state index in [9.17, 15) is 16.8 Å². The zero-order valence-corrected chi connectivity index (χ0v) is 34.6. The van der Waals surface area contributed by atoms with E-state index in [1.54, 1.807) is 36.1 Å². The number of rotatable bonds is 9. The summed E-state index contributed by atoms with van der Waals surface area (Å²) in [4.78, 5) is 0.117. The molecule has 0 unspecified atom stereocenters. The molecule has 2 aromatic heterocycles. The fourth-order valence-electron chi connectivity index (χ4n) is 6.23. The Morgan fingerprint density at radius 3 is 1.19 bits per heavy atom. The van der Waals surface area contributed by atoms with Gasteiger partial charge in [0, 0.05) is 27.3 Å². The maximum atomic E-state index is 11.6. The molecule has 298 valence electrons. The highest BCUT2D eigenvalue weighted by atomic mass is 35.5. The average Bonchev–Trinajstić information content (AvgIpc) is 3.88. The van der Waals surface area contributed by atoms with Crippen LogP contribution in [0.2, 0.25) is 5.02 Å². The molecule has 0 aliphatic heterocycles. The molecule has 0 saturated heterocycles. The Kier molecular flexibility index (Phi) is 11.7. The fraction of sp³-hybridized carbons (Fsp3) is 0.0667. The molecule has 0 fully saturated rings. The van der Waals surface area contributed by atoms with E-state index in [1.165, 1.54) is 35.4 Å². The molecule has 4 N–H and O–H groups in total. The minimum absolute atomic E-state index is 0.0434. The zero-order valence-electron chi connectivity index (χ0n) is 32.2. The number of hydrogen-bond acceptors (Lipinski definition) is 7. The maximum absolute atomic E-state index is 11.6. The number of benzene rings is 6. The van der Waals surface area contributed by atoms with E-state index in [4.69, 9.17) is 36.8 Å². The number of nitrogens with two attached hydrogens (primary N) is 2. The third-order valence-corrected chi connectivity index (χ3v) is 11.6. The van der Waals surface area contributed by atoms with Crippen molar-refractivity contribution < 1.29 is 21.6 Å². The smallest absolute Gasteiger partial charge is 0.238 e. The molecule has 0 amide bonds. The summed E-state index contributed by atoms with van der Waals surface area (Å²) >= 11 is 6.04. The largest absolute Gasteiger partial charge is 0.497 e. The molecule has 0 spiro atoms. The highest BCUT2D eigenvalue weighted by Crippen LogP contribution is 2.32. The lowest BCUT2D eigenvalue weighted by molar-refractivity contribution is 0.415. The van der Waals surface area contributed by atoms with Crippen molar-refractivity contribution in [3.8, 4) is 62.2 Å². The molecule has 0 saturated carbocycles. The lowest BCUT2D eigenvalue weighted by Gasteiger charge is -2.08. The lowest BCUT2D eigenvalue weighted by Crippen LogP contribution is -2.12. The van der Waals surface area contributed by atoms with Crippen molar-refractivity contribution in [3.63, 3.8) is 0 Å². The van der Waals surface area contributed by atoms with Crippen molar-refractivity contribution in [1.29, 1.82) is 0 Å². The van der Waals surface area contributed by atoms with Crippen molar-refractivity contribution in [3.05, 3.63) is 174 Å². The molecule has 0 bridgehead atoms. The highest BCUT2D eigenvalue weighted by Gasteiger charge is 2.17. The van der Waals surface area contributed by atoms with E-state index in [0.717, 1.165) is 56.5 Å². The van der Waals surface area contributed by atoms with Crippen LogP contribution in [0.15, 0.2) is 168 Å². The molecule has 14 heteroatoms. The van der Waals surface area contributed by atoms with Crippen LogP contribution in [-0.4, -0.2) is 43.5 Å². The van der Waals surface area contributed by atoms with Crippen LogP contribution in [0.5, 0.6) is 5.75 Å². The molecule has 0 atom stereocenters. The summed E-state index contributed by atoms with van der Waals surface area (Å²) in [5.41, 5.74) is 11.1. The molecule has 0 radical (unpaired) electrons. The van der Waals surface area contributed by atoms with Gasteiger partial charge in [0.1, 0.15) is 5.75 Å². The molecule has 0 aliphatic carbocycles. The van der Waals surface area contributed by atoms with Gasteiger partial charge in [0.05, 0.1) is 51.1 Å². The Morgan fingerprint density at radius 2 is 0.831 bits per heavy atom. The van der Waals surface area contributed by atoms with Gasteiger partial charge in [-0.3, -0.25) is 0 Å². The first kappa shape index (κ1) is 40.8. The van der Waals surface area contributed by atoms with Crippen LogP contribution in [0, 0.1) is 13.8 Å². The molecule has 11 nitrogen and oxygen atoms in total. The van der Waals surface area contributed by atoms with Crippen molar-refractivity contribution in [2.24, 2.45) is 10.3 Å². The highest BCUT2D eigenvalue weighted by molar-refractivity contribution is 7.89. The monoisotopic (exact) mass is 842 g/mol. The van der Waals surface area contributed by atoms with E-state index in [0.29, 0.717) is 10.7 Å². The number of aromatic nitrogens is 4. The van der Waals surface area contributed by atoms with E-state index in [-0.39, 0.29) is 9.79 Å². The van der Waals surface area contributed by atoms with Gasteiger partial charge < -0.3 is 4.74 Å². The van der Waals surface area contributed by atoms with Crippen LogP contribution in [0.3, 0.4) is 0 Å². The maximum Gasteiger partial charge on any atom is 0.238 e. The fourth-order valence-corrected chi connectivity index (χ4v) is 7.39. The van der Waals surface area contributed by atoms with Gasteiger partial charge in [-0.1, -0.05) is 83.4 Å². The Hall–Kier alpha value is -6.35. The van der Waals surface area contributed by atoms with Crippen molar-refractivity contribution >= 4 is 31.6 Å². The van der Waals surface area contributed by atoms with Gasteiger partial charge in [-0.05, 0) is 111 Å². The number of nitrogens with zero attached hydrogens (tertiary/aromatic N) is 4. The second-order valence-electron chi connectivity index (χ2n) is 13.7. The van der Waals surface area contributed by atoms with E-state index in [1.807, 2.05) is 91.3 Å². The molecule has 8 aromatic rings. The van der Waals surface area contributed by atoms with Crippen LogP contribution in [-0.2, 0) is 20.0 Å².